The third-order valence-electron chi connectivity index (χ3n) is 4.72. The van der Waals surface area contributed by atoms with Gasteiger partial charge in [0.25, 0.3) is 0 Å². The molecule has 6 nitrogen and oxygen atoms in total. The van der Waals surface area contributed by atoms with Crippen LogP contribution in [0.2, 0.25) is 0 Å². The monoisotopic (exact) mass is 440 g/mol. The molecule has 2 N–H and O–H groups in total. The van der Waals surface area contributed by atoms with Gasteiger partial charge in [0.15, 0.2) is 0 Å². The first-order chi connectivity index (χ1) is 15.4. The molecule has 0 aliphatic heterocycles. The number of allylic oxidation sites excluding steroid dienone is 1. The van der Waals surface area contributed by atoms with E-state index in [2.05, 4.69) is 28.5 Å². The van der Waals surface area contributed by atoms with E-state index in [9.17, 15) is 14.0 Å². The summed E-state index contributed by atoms with van der Waals surface area (Å²) in [4.78, 5) is 24.0. The van der Waals surface area contributed by atoms with Crippen molar-refractivity contribution >= 4 is 23.4 Å². The van der Waals surface area contributed by atoms with Crippen LogP contribution in [0, 0.1) is 5.82 Å². The molecular formula is C25H29FN2O4. The number of methoxy groups -OCH3 is 1. The highest BCUT2D eigenvalue weighted by molar-refractivity contribution is 5.89. The fourth-order valence-corrected chi connectivity index (χ4v) is 3.24. The van der Waals surface area contributed by atoms with Crippen LogP contribution in [0.5, 0.6) is 0 Å². The smallest absolute Gasteiger partial charge is 0.411 e. The van der Waals surface area contributed by atoms with Gasteiger partial charge in [-0.15, -0.1) is 13.2 Å². The van der Waals surface area contributed by atoms with Crippen LogP contribution in [0.15, 0.2) is 61.7 Å². The van der Waals surface area contributed by atoms with Gasteiger partial charge in [0, 0.05) is 23.5 Å². The molecule has 32 heavy (non-hydrogen) atoms. The third kappa shape index (κ3) is 6.70. The number of amides is 1. The summed E-state index contributed by atoms with van der Waals surface area (Å²) < 4.78 is 24.4. The Morgan fingerprint density at radius 2 is 1.94 bits per heavy atom. The summed E-state index contributed by atoms with van der Waals surface area (Å²) in [6.45, 7) is 9.98. The zero-order valence-corrected chi connectivity index (χ0v) is 18.4. The van der Waals surface area contributed by atoms with E-state index >= 15 is 0 Å². The number of halogens is 1. The van der Waals surface area contributed by atoms with Crippen molar-refractivity contribution in [3.63, 3.8) is 0 Å². The molecule has 1 unspecified atom stereocenters. The second-order valence-corrected chi connectivity index (χ2v) is 6.98. The SMILES string of the molecule is C=CCCNc1cc(NC(=O)OC)ccc1-c1cc(F)cc(C(CC=C)C(=O)OCC)c1. The molecule has 0 aliphatic rings. The molecule has 1 amide bonds. The quantitative estimate of drug-likeness (QED) is 0.259. The van der Waals surface area contributed by atoms with Crippen molar-refractivity contribution in [2.75, 3.05) is 30.9 Å². The van der Waals surface area contributed by atoms with Gasteiger partial charge in [0.1, 0.15) is 5.82 Å². The van der Waals surface area contributed by atoms with E-state index in [0.717, 1.165) is 0 Å². The fraction of sp³-hybridized carbons (Fsp3) is 0.280. The maximum Gasteiger partial charge on any atom is 0.411 e. The summed E-state index contributed by atoms with van der Waals surface area (Å²) in [6.07, 6.45) is 3.84. The first-order valence-corrected chi connectivity index (χ1v) is 10.4. The lowest BCUT2D eigenvalue weighted by Crippen LogP contribution is -2.16. The van der Waals surface area contributed by atoms with E-state index < -0.39 is 23.8 Å². The van der Waals surface area contributed by atoms with Gasteiger partial charge in [0.2, 0.25) is 0 Å². The summed E-state index contributed by atoms with van der Waals surface area (Å²) in [5.74, 6) is -1.55. The van der Waals surface area contributed by atoms with Gasteiger partial charge < -0.3 is 14.8 Å². The number of hydrogen-bond donors (Lipinski definition) is 2. The average Bonchev–Trinajstić information content (AvgIpc) is 2.77. The number of benzene rings is 2. The van der Waals surface area contributed by atoms with Crippen LogP contribution in [0.1, 0.15) is 31.2 Å². The van der Waals surface area contributed by atoms with E-state index in [1.807, 2.05) is 0 Å². The Balaban J connectivity index is 2.52. The first-order valence-electron chi connectivity index (χ1n) is 10.4. The van der Waals surface area contributed by atoms with Gasteiger partial charge in [-0.1, -0.05) is 18.2 Å². The van der Waals surface area contributed by atoms with Crippen LogP contribution in [-0.4, -0.2) is 32.3 Å². The van der Waals surface area contributed by atoms with Gasteiger partial charge in [-0.3, -0.25) is 10.1 Å². The van der Waals surface area contributed by atoms with Crippen molar-refractivity contribution < 1.29 is 23.5 Å². The van der Waals surface area contributed by atoms with Gasteiger partial charge in [-0.05, 0) is 61.2 Å². The molecule has 0 aliphatic carbocycles. The number of anilines is 2. The molecule has 2 aromatic rings. The topological polar surface area (TPSA) is 76.7 Å². The second kappa shape index (κ2) is 12.3. The van der Waals surface area contributed by atoms with E-state index in [0.29, 0.717) is 47.5 Å². The fourth-order valence-electron chi connectivity index (χ4n) is 3.24. The summed E-state index contributed by atoms with van der Waals surface area (Å²) in [7, 11) is 1.28. The van der Waals surface area contributed by atoms with Gasteiger partial charge >= 0.3 is 12.1 Å². The molecule has 0 heterocycles. The van der Waals surface area contributed by atoms with Crippen molar-refractivity contribution in [1.82, 2.24) is 0 Å². The molecule has 170 valence electrons. The average molecular weight is 441 g/mol. The minimum atomic E-state index is -0.653. The van der Waals surface area contributed by atoms with Crippen LogP contribution < -0.4 is 10.6 Å². The summed E-state index contributed by atoms with van der Waals surface area (Å²) >= 11 is 0. The molecule has 1 atom stereocenters. The Kier molecular flexibility index (Phi) is 9.47. The highest BCUT2D eigenvalue weighted by Crippen LogP contribution is 2.34. The van der Waals surface area contributed by atoms with Gasteiger partial charge in [0.05, 0.1) is 19.6 Å². The number of ether oxygens (including phenoxy) is 2. The van der Waals surface area contributed by atoms with Crippen molar-refractivity contribution in [3.05, 3.63) is 73.1 Å². The maximum absolute atomic E-state index is 14.6. The summed E-state index contributed by atoms with van der Waals surface area (Å²) in [6, 6.07) is 9.73. The number of esters is 1. The van der Waals surface area contributed by atoms with Crippen molar-refractivity contribution in [2.45, 2.75) is 25.7 Å². The van der Waals surface area contributed by atoms with Crippen molar-refractivity contribution in [3.8, 4) is 11.1 Å². The molecule has 0 bridgehead atoms. The highest BCUT2D eigenvalue weighted by atomic mass is 19.1. The number of hydrogen-bond acceptors (Lipinski definition) is 5. The summed E-state index contributed by atoms with van der Waals surface area (Å²) in [5.41, 5.74) is 3.02. The molecular weight excluding hydrogens is 411 g/mol. The van der Waals surface area contributed by atoms with Crippen molar-refractivity contribution in [1.29, 1.82) is 0 Å². The Hall–Kier alpha value is -3.61. The Morgan fingerprint density at radius 1 is 1.16 bits per heavy atom. The highest BCUT2D eigenvalue weighted by Gasteiger charge is 2.22. The molecule has 0 saturated carbocycles. The zero-order chi connectivity index (χ0) is 23.5. The lowest BCUT2D eigenvalue weighted by Gasteiger charge is -2.18. The third-order valence-corrected chi connectivity index (χ3v) is 4.72. The lowest BCUT2D eigenvalue weighted by atomic mass is 9.92. The maximum atomic E-state index is 14.6. The zero-order valence-electron chi connectivity index (χ0n) is 18.4. The molecule has 0 saturated heterocycles. The molecule has 2 aromatic carbocycles. The number of carbonyl (C=O) groups is 2. The van der Waals surface area contributed by atoms with Crippen LogP contribution in [0.25, 0.3) is 11.1 Å². The summed E-state index contributed by atoms with van der Waals surface area (Å²) in [5, 5.41) is 5.91. The standard InChI is InChI=1S/C25H29FN2O4/c1-5-8-12-27-23-16-20(28-25(30)31-4)10-11-21(23)17-13-18(15-19(26)14-17)22(9-6-2)24(29)32-7-3/h5-6,10-11,13-16,22,27H,1-2,7-9,12H2,3-4H3,(H,28,30). The van der Waals surface area contributed by atoms with Crippen LogP contribution in [-0.2, 0) is 14.3 Å². The number of rotatable bonds is 11. The van der Waals surface area contributed by atoms with E-state index in [4.69, 9.17) is 4.74 Å². The van der Waals surface area contributed by atoms with Gasteiger partial charge in [-0.25, -0.2) is 9.18 Å². The largest absolute Gasteiger partial charge is 0.466 e. The van der Waals surface area contributed by atoms with Crippen molar-refractivity contribution in [2.24, 2.45) is 0 Å². The first kappa shape index (κ1) is 24.7. The second-order valence-electron chi connectivity index (χ2n) is 6.98. The van der Waals surface area contributed by atoms with E-state index in [-0.39, 0.29) is 6.61 Å². The van der Waals surface area contributed by atoms with E-state index in [1.165, 1.54) is 19.2 Å². The van der Waals surface area contributed by atoms with E-state index in [1.54, 1.807) is 43.3 Å². The van der Waals surface area contributed by atoms with Crippen LogP contribution in [0.3, 0.4) is 0 Å². The van der Waals surface area contributed by atoms with Crippen LogP contribution in [0.4, 0.5) is 20.6 Å². The predicted octanol–water partition coefficient (Wildman–Crippen LogP) is 5.88. The molecule has 0 spiro atoms. The number of carbonyl (C=O) groups excluding carboxylic acids is 2. The molecule has 2 rings (SSSR count). The molecule has 0 aromatic heterocycles. The minimum Gasteiger partial charge on any atom is -0.466 e. The minimum absolute atomic E-state index is 0.237. The predicted molar refractivity (Wildman–Crippen MR) is 125 cm³/mol. The van der Waals surface area contributed by atoms with Crippen LogP contribution >= 0.6 is 0 Å². The Morgan fingerprint density at radius 3 is 2.59 bits per heavy atom. The Bertz CT molecular complexity index is 974. The lowest BCUT2D eigenvalue weighted by molar-refractivity contribution is -0.144. The molecule has 7 heteroatoms. The Labute approximate surface area is 188 Å². The van der Waals surface area contributed by atoms with Gasteiger partial charge in [-0.2, -0.15) is 0 Å². The molecule has 0 radical (unpaired) electrons. The molecule has 0 fully saturated rings. The number of nitrogens with one attached hydrogen (secondary N) is 2. The normalized spacial score (nSPS) is 11.2.